The maximum absolute atomic E-state index is 10.5. The number of anilines is 3. The molecular formula is C25H24N2O4S. The van der Waals surface area contributed by atoms with E-state index >= 15 is 0 Å². The van der Waals surface area contributed by atoms with Crippen LogP contribution >= 0.6 is 0 Å². The van der Waals surface area contributed by atoms with Crippen LogP contribution in [0.4, 0.5) is 17.1 Å². The highest BCUT2D eigenvalue weighted by Gasteiger charge is 2.09. The van der Waals surface area contributed by atoms with E-state index < -0.39 is 10.1 Å². The zero-order valence-corrected chi connectivity index (χ0v) is 18.3. The fourth-order valence-electron chi connectivity index (χ4n) is 2.81. The summed E-state index contributed by atoms with van der Waals surface area (Å²) in [6, 6.07) is 33.2. The number of para-hydroxylation sites is 2. The van der Waals surface area contributed by atoms with Crippen molar-refractivity contribution in [1.29, 1.82) is 0 Å². The van der Waals surface area contributed by atoms with Gasteiger partial charge in [-0.05, 0) is 67.6 Å². The van der Waals surface area contributed by atoms with Gasteiger partial charge in [0, 0.05) is 0 Å². The van der Waals surface area contributed by atoms with Gasteiger partial charge in [-0.25, -0.2) is 0 Å². The quantitative estimate of drug-likeness (QED) is 0.203. The van der Waals surface area contributed by atoms with Crippen LogP contribution in [0.2, 0.25) is 0 Å². The van der Waals surface area contributed by atoms with E-state index in [1.165, 1.54) is 12.1 Å². The fraction of sp³-hybridized carbons (Fsp3) is 0.0400. The van der Waals surface area contributed by atoms with Gasteiger partial charge in [0.25, 0.3) is 10.1 Å². The average molecular weight is 449 g/mol. The summed E-state index contributed by atoms with van der Waals surface area (Å²) in [5, 5.41) is 11.4. The third-order valence-corrected chi connectivity index (χ3v) is 5.32. The molecule has 0 aromatic heterocycles. The van der Waals surface area contributed by atoms with Crippen molar-refractivity contribution in [2.45, 2.75) is 11.8 Å². The first-order chi connectivity index (χ1) is 15.3. The molecule has 0 aliphatic carbocycles. The molecule has 0 bridgehead atoms. The van der Waals surface area contributed by atoms with Crippen molar-refractivity contribution in [2.75, 3.05) is 10.4 Å². The molecule has 4 aromatic carbocycles. The monoisotopic (exact) mass is 448 g/mol. The fourth-order valence-corrected chi connectivity index (χ4v) is 3.29. The Labute approximate surface area is 188 Å². The topological polar surface area (TPSA) is 89.9 Å². The van der Waals surface area contributed by atoms with Gasteiger partial charge in [-0.2, -0.15) is 8.42 Å². The van der Waals surface area contributed by atoms with Gasteiger partial charge in [-0.1, -0.05) is 54.1 Å². The van der Waals surface area contributed by atoms with Crippen LogP contribution in [-0.4, -0.2) is 18.1 Å². The molecule has 0 aliphatic rings. The second-order valence-electron chi connectivity index (χ2n) is 6.95. The van der Waals surface area contributed by atoms with Gasteiger partial charge in [0.2, 0.25) is 0 Å². The lowest BCUT2D eigenvalue weighted by Gasteiger charge is -2.26. The number of hydrogen-bond donors (Lipinski definition) is 3. The highest BCUT2D eigenvalue weighted by Crippen LogP contribution is 2.26. The van der Waals surface area contributed by atoms with Crippen molar-refractivity contribution >= 4 is 27.2 Å². The van der Waals surface area contributed by atoms with Gasteiger partial charge in [0.15, 0.2) is 0 Å². The van der Waals surface area contributed by atoms with Crippen molar-refractivity contribution in [3.63, 3.8) is 0 Å². The molecule has 3 N–H and O–H groups in total. The van der Waals surface area contributed by atoms with Crippen molar-refractivity contribution in [1.82, 2.24) is 0 Å². The van der Waals surface area contributed by atoms with E-state index in [0.717, 1.165) is 22.6 Å². The van der Waals surface area contributed by atoms with Crippen LogP contribution in [0, 0.1) is 6.92 Å². The Balaban J connectivity index is 0.000000222. The second-order valence-corrected chi connectivity index (χ2v) is 8.37. The molecule has 0 saturated carbocycles. The maximum Gasteiger partial charge on any atom is 0.294 e. The van der Waals surface area contributed by atoms with E-state index in [1.54, 1.807) is 24.3 Å². The lowest BCUT2D eigenvalue weighted by atomic mass is 10.2. The number of rotatable bonds is 5. The zero-order chi connectivity index (χ0) is 23.0. The molecule has 0 unspecified atom stereocenters. The van der Waals surface area contributed by atoms with E-state index in [-0.39, 0.29) is 10.6 Å². The van der Waals surface area contributed by atoms with Gasteiger partial charge < -0.3 is 5.11 Å². The minimum Gasteiger partial charge on any atom is -0.508 e. The number of nitrogens with one attached hydrogen (secondary N) is 1. The lowest BCUT2D eigenvalue weighted by molar-refractivity contribution is 0.475. The Morgan fingerprint density at radius 1 is 0.688 bits per heavy atom. The van der Waals surface area contributed by atoms with Crippen LogP contribution in [-0.2, 0) is 10.1 Å². The molecule has 6 nitrogen and oxygen atoms in total. The highest BCUT2D eigenvalue weighted by molar-refractivity contribution is 7.85. The van der Waals surface area contributed by atoms with E-state index in [4.69, 9.17) is 4.55 Å². The van der Waals surface area contributed by atoms with Gasteiger partial charge in [0.05, 0.1) is 22.0 Å². The Morgan fingerprint density at radius 3 is 1.59 bits per heavy atom. The van der Waals surface area contributed by atoms with Crippen LogP contribution in [0.25, 0.3) is 0 Å². The summed E-state index contributed by atoms with van der Waals surface area (Å²) in [5.41, 5.74) is 7.30. The molecule has 0 aliphatic heterocycles. The number of aryl methyl sites for hydroxylation is 1. The number of nitrogens with zero attached hydrogens (tertiary/aromatic N) is 1. The summed E-state index contributed by atoms with van der Waals surface area (Å²) >= 11 is 0. The number of benzene rings is 4. The summed E-state index contributed by atoms with van der Waals surface area (Å²) < 4.78 is 29.6. The first-order valence-electron chi connectivity index (χ1n) is 9.83. The van der Waals surface area contributed by atoms with Crippen molar-refractivity contribution in [3.05, 3.63) is 115 Å². The number of phenols is 1. The van der Waals surface area contributed by atoms with Crippen LogP contribution in [0.5, 0.6) is 5.75 Å². The normalized spacial score (nSPS) is 10.6. The third-order valence-electron chi connectivity index (χ3n) is 4.46. The SMILES string of the molecule is Cc1ccc(S(=O)(=O)O)cc1.Oc1ccc(NN(c2ccccc2)c2ccccc2)cc1. The number of aromatic hydroxyl groups is 1. The first-order valence-corrected chi connectivity index (χ1v) is 11.3. The number of hydrogen-bond acceptors (Lipinski definition) is 5. The van der Waals surface area contributed by atoms with E-state index in [2.05, 4.69) is 5.43 Å². The van der Waals surface area contributed by atoms with Gasteiger partial charge >= 0.3 is 0 Å². The predicted octanol–water partition coefficient (Wildman–Crippen LogP) is 5.80. The maximum atomic E-state index is 10.5. The molecule has 0 fully saturated rings. The van der Waals surface area contributed by atoms with Crippen LogP contribution in [0.15, 0.2) is 114 Å². The molecular weight excluding hydrogens is 424 g/mol. The number of hydrazine groups is 1. The summed E-state index contributed by atoms with van der Waals surface area (Å²) in [5.74, 6) is 0.256. The van der Waals surface area contributed by atoms with Crippen molar-refractivity contribution < 1.29 is 18.1 Å². The Bertz CT molecular complexity index is 1170. The average Bonchev–Trinajstić information content (AvgIpc) is 2.80. The second kappa shape index (κ2) is 10.5. The summed E-state index contributed by atoms with van der Waals surface area (Å²) in [6.45, 7) is 1.84. The van der Waals surface area contributed by atoms with Gasteiger partial charge in [-0.3, -0.25) is 15.0 Å². The Morgan fingerprint density at radius 2 is 1.16 bits per heavy atom. The summed E-state index contributed by atoms with van der Waals surface area (Å²) in [4.78, 5) is -0.0666. The predicted molar refractivity (Wildman–Crippen MR) is 128 cm³/mol. The third kappa shape index (κ3) is 6.60. The van der Waals surface area contributed by atoms with Gasteiger partial charge in [-0.15, -0.1) is 0 Å². The molecule has 164 valence electrons. The standard InChI is InChI=1S/C18H16N2O.C7H8O3S/c21-18-13-11-15(12-14-18)19-20(16-7-3-1-4-8-16)17-9-5-2-6-10-17;1-6-2-4-7(5-3-6)11(8,9)10/h1-14,19,21H;2-5H,1H3,(H,8,9,10). The van der Waals surface area contributed by atoms with Crippen LogP contribution in [0.1, 0.15) is 5.56 Å². The molecule has 0 saturated heterocycles. The van der Waals surface area contributed by atoms with E-state index in [9.17, 15) is 13.5 Å². The molecule has 0 radical (unpaired) electrons. The minimum atomic E-state index is -4.02. The lowest BCUT2D eigenvalue weighted by Crippen LogP contribution is -2.24. The molecule has 0 heterocycles. The summed E-state index contributed by atoms with van der Waals surface area (Å²) in [6.07, 6.45) is 0. The largest absolute Gasteiger partial charge is 0.508 e. The van der Waals surface area contributed by atoms with Crippen LogP contribution < -0.4 is 10.4 Å². The molecule has 4 aromatic rings. The van der Waals surface area contributed by atoms with E-state index in [0.29, 0.717) is 0 Å². The molecule has 32 heavy (non-hydrogen) atoms. The van der Waals surface area contributed by atoms with Crippen LogP contribution in [0.3, 0.4) is 0 Å². The van der Waals surface area contributed by atoms with Crippen molar-refractivity contribution in [2.24, 2.45) is 0 Å². The smallest absolute Gasteiger partial charge is 0.294 e. The molecule has 0 spiro atoms. The minimum absolute atomic E-state index is 0.0666. The van der Waals surface area contributed by atoms with Crippen molar-refractivity contribution in [3.8, 4) is 5.75 Å². The van der Waals surface area contributed by atoms with Gasteiger partial charge in [0.1, 0.15) is 5.75 Å². The molecule has 0 amide bonds. The summed E-state index contributed by atoms with van der Waals surface area (Å²) in [7, 11) is -4.02. The Hall–Kier alpha value is -3.81. The Kier molecular flexibility index (Phi) is 7.49. The zero-order valence-electron chi connectivity index (χ0n) is 17.5. The van der Waals surface area contributed by atoms with E-state index in [1.807, 2.05) is 84.7 Å². The molecule has 4 rings (SSSR count). The molecule has 7 heteroatoms. The highest BCUT2D eigenvalue weighted by atomic mass is 32.2. The molecule has 0 atom stereocenters. The number of phenolic OH excluding ortho intramolecular Hbond substituents is 1. The first kappa shape index (κ1) is 22.9.